The maximum absolute atomic E-state index is 13.6. The molecule has 0 fully saturated rings. The monoisotopic (exact) mass is 270 g/mol. The van der Waals surface area contributed by atoms with Crippen molar-refractivity contribution in [3.05, 3.63) is 30.1 Å². The van der Waals surface area contributed by atoms with Gasteiger partial charge in [0.1, 0.15) is 5.03 Å². The van der Waals surface area contributed by atoms with Gasteiger partial charge in [0.25, 0.3) is 0 Å². The third-order valence-corrected chi connectivity index (χ3v) is 3.26. The molecule has 0 bridgehead atoms. The Labute approximate surface area is 107 Å². The molecule has 0 saturated heterocycles. The van der Waals surface area contributed by atoms with Crippen LogP contribution in [0, 0.1) is 11.6 Å². The van der Waals surface area contributed by atoms with Gasteiger partial charge in [-0.1, -0.05) is 0 Å². The number of halogens is 2. The van der Waals surface area contributed by atoms with E-state index in [0.717, 1.165) is 17.8 Å². The second kappa shape index (κ2) is 5.34. The topological polar surface area (TPSA) is 42.7 Å². The zero-order valence-electron chi connectivity index (χ0n) is 9.94. The lowest BCUT2D eigenvalue weighted by Gasteiger charge is -2.07. The summed E-state index contributed by atoms with van der Waals surface area (Å²) in [5.74, 6) is -1.34. The summed E-state index contributed by atoms with van der Waals surface area (Å²) in [4.78, 5) is 7.98. The quantitative estimate of drug-likeness (QED) is 0.927. The van der Waals surface area contributed by atoms with Crippen molar-refractivity contribution in [3.8, 4) is 0 Å². The minimum atomic E-state index is -0.696. The van der Waals surface area contributed by atoms with Crippen molar-refractivity contribution in [3.63, 3.8) is 0 Å². The fraction of sp³-hybridized carbons (Fsp3) is 0.273. The summed E-state index contributed by atoms with van der Waals surface area (Å²) in [6.45, 7) is 2.33. The average Bonchev–Trinajstić information content (AvgIpc) is 2.71. The Morgan fingerprint density at radius 3 is 2.78 bits per heavy atom. The molecule has 0 amide bonds. The molecule has 7 heteroatoms. The number of nitrogens with zero attached hydrogens (tertiary/aromatic N) is 3. The first-order valence-electron chi connectivity index (χ1n) is 5.37. The second-order valence-corrected chi connectivity index (χ2v) is 4.51. The summed E-state index contributed by atoms with van der Waals surface area (Å²) in [6, 6.07) is 0.830. The van der Waals surface area contributed by atoms with E-state index in [4.69, 9.17) is 0 Å². The zero-order chi connectivity index (χ0) is 13.1. The van der Waals surface area contributed by atoms with Gasteiger partial charge in [-0.25, -0.2) is 18.7 Å². The van der Waals surface area contributed by atoms with Gasteiger partial charge in [-0.3, -0.25) is 0 Å². The first-order chi connectivity index (χ1) is 8.61. The third-order valence-electron chi connectivity index (χ3n) is 2.21. The number of aromatic nitrogens is 3. The van der Waals surface area contributed by atoms with Gasteiger partial charge in [-0.2, -0.15) is 0 Å². The minimum Gasteiger partial charge on any atom is -0.368 e. The number of hydrogen-bond acceptors (Lipinski definition) is 4. The molecule has 4 nitrogen and oxygen atoms in total. The molecule has 0 aromatic carbocycles. The van der Waals surface area contributed by atoms with Crippen LogP contribution in [-0.4, -0.2) is 21.1 Å². The summed E-state index contributed by atoms with van der Waals surface area (Å²) in [5, 5.41) is 3.44. The highest BCUT2D eigenvalue weighted by Gasteiger charge is 2.14. The van der Waals surface area contributed by atoms with E-state index >= 15 is 0 Å². The van der Waals surface area contributed by atoms with Gasteiger partial charge in [0.05, 0.1) is 0 Å². The number of pyridine rings is 1. The average molecular weight is 270 g/mol. The van der Waals surface area contributed by atoms with Crippen LogP contribution in [0.2, 0.25) is 0 Å². The molecule has 2 aromatic rings. The highest BCUT2D eigenvalue weighted by molar-refractivity contribution is 7.99. The van der Waals surface area contributed by atoms with Crippen molar-refractivity contribution in [1.29, 1.82) is 0 Å². The normalized spacial score (nSPS) is 10.7. The van der Waals surface area contributed by atoms with E-state index < -0.39 is 11.6 Å². The Bertz CT molecular complexity index is 556. The van der Waals surface area contributed by atoms with Crippen LogP contribution in [0.3, 0.4) is 0 Å². The van der Waals surface area contributed by atoms with Crippen LogP contribution in [0.15, 0.2) is 28.6 Å². The third kappa shape index (κ3) is 2.61. The molecule has 2 rings (SSSR count). The molecule has 2 aromatic heterocycles. The van der Waals surface area contributed by atoms with E-state index in [-0.39, 0.29) is 10.8 Å². The Morgan fingerprint density at radius 1 is 1.39 bits per heavy atom. The molecule has 0 radical (unpaired) electrons. The summed E-state index contributed by atoms with van der Waals surface area (Å²) in [5.41, 5.74) is 0. The molecule has 0 unspecified atom stereocenters. The van der Waals surface area contributed by atoms with E-state index in [1.54, 1.807) is 24.0 Å². The Kier molecular flexibility index (Phi) is 3.81. The van der Waals surface area contributed by atoms with Crippen LogP contribution >= 0.6 is 11.8 Å². The van der Waals surface area contributed by atoms with Gasteiger partial charge in [0.15, 0.2) is 22.6 Å². The molecule has 0 saturated carbocycles. The molecule has 0 atom stereocenters. The lowest BCUT2D eigenvalue weighted by Crippen LogP contribution is -2.04. The summed E-state index contributed by atoms with van der Waals surface area (Å²) < 4.78 is 28.7. The van der Waals surface area contributed by atoms with Crippen molar-refractivity contribution >= 4 is 17.6 Å². The van der Waals surface area contributed by atoms with Gasteiger partial charge >= 0.3 is 0 Å². The molecule has 18 heavy (non-hydrogen) atoms. The lowest BCUT2D eigenvalue weighted by atomic mass is 10.4. The number of rotatable bonds is 4. The maximum Gasteiger partial charge on any atom is 0.174 e. The van der Waals surface area contributed by atoms with Crippen LogP contribution in [-0.2, 0) is 7.05 Å². The SMILES string of the molecule is CCNc1nc(Sc2nccn2C)c(F)cc1F. The van der Waals surface area contributed by atoms with Crippen LogP contribution in [0.5, 0.6) is 0 Å². The van der Waals surface area contributed by atoms with Crippen molar-refractivity contribution in [2.24, 2.45) is 7.05 Å². The number of hydrogen-bond donors (Lipinski definition) is 1. The highest BCUT2D eigenvalue weighted by atomic mass is 32.2. The molecule has 96 valence electrons. The van der Waals surface area contributed by atoms with Crippen molar-refractivity contribution in [2.75, 3.05) is 11.9 Å². The maximum atomic E-state index is 13.6. The molecule has 0 aliphatic rings. The fourth-order valence-corrected chi connectivity index (χ4v) is 2.13. The fourth-order valence-electron chi connectivity index (χ4n) is 1.35. The van der Waals surface area contributed by atoms with Gasteiger partial charge < -0.3 is 9.88 Å². The molecule has 0 aliphatic heterocycles. The van der Waals surface area contributed by atoms with Crippen LogP contribution in [0.1, 0.15) is 6.92 Å². The zero-order valence-corrected chi connectivity index (χ0v) is 10.8. The smallest absolute Gasteiger partial charge is 0.174 e. The highest BCUT2D eigenvalue weighted by Crippen LogP contribution is 2.28. The Hall–Kier alpha value is -1.63. The van der Waals surface area contributed by atoms with E-state index in [2.05, 4.69) is 15.3 Å². The minimum absolute atomic E-state index is 0.0515. The van der Waals surface area contributed by atoms with E-state index in [1.807, 2.05) is 6.92 Å². The molecular formula is C11H12F2N4S. The van der Waals surface area contributed by atoms with E-state index in [0.29, 0.717) is 11.7 Å². The molecule has 0 spiro atoms. The predicted molar refractivity (Wildman–Crippen MR) is 65.6 cm³/mol. The number of anilines is 1. The van der Waals surface area contributed by atoms with Crippen molar-refractivity contribution < 1.29 is 8.78 Å². The number of imidazole rings is 1. The number of nitrogens with one attached hydrogen (secondary N) is 1. The van der Waals surface area contributed by atoms with Crippen molar-refractivity contribution in [1.82, 2.24) is 14.5 Å². The van der Waals surface area contributed by atoms with Gasteiger partial charge in [-0.05, 0) is 18.7 Å². The van der Waals surface area contributed by atoms with Crippen LogP contribution < -0.4 is 5.32 Å². The molecular weight excluding hydrogens is 258 g/mol. The largest absolute Gasteiger partial charge is 0.368 e. The van der Waals surface area contributed by atoms with E-state index in [9.17, 15) is 8.78 Å². The van der Waals surface area contributed by atoms with Gasteiger partial charge in [0, 0.05) is 32.1 Å². The Morgan fingerprint density at radius 2 is 2.17 bits per heavy atom. The molecule has 2 heterocycles. The van der Waals surface area contributed by atoms with Gasteiger partial charge in [-0.15, -0.1) is 0 Å². The Balaban J connectivity index is 2.32. The summed E-state index contributed by atoms with van der Waals surface area (Å²) in [6.07, 6.45) is 3.35. The van der Waals surface area contributed by atoms with Crippen molar-refractivity contribution in [2.45, 2.75) is 17.1 Å². The van der Waals surface area contributed by atoms with E-state index in [1.165, 1.54) is 0 Å². The first kappa shape index (κ1) is 12.8. The summed E-state index contributed by atoms with van der Waals surface area (Å²) in [7, 11) is 1.79. The predicted octanol–water partition coefficient (Wildman–Crippen LogP) is 2.68. The van der Waals surface area contributed by atoms with Crippen LogP contribution in [0.4, 0.5) is 14.6 Å². The first-order valence-corrected chi connectivity index (χ1v) is 6.18. The lowest BCUT2D eigenvalue weighted by molar-refractivity contribution is 0.550. The molecule has 1 N–H and O–H groups in total. The second-order valence-electron chi connectivity index (χ2n) is 3.56. The van der Waals surface area contributed by atoms with Gasteiger partial charge in [0.2, 0.25) is 0 Å². The summed E-state index contributed by atoms with van der Waals surface area (Å²) >= 11 is 1.06. The number of aryl methyl sites for hydroxylation is 1. The molecule has 0 aliphatic carbocycles. The van der Waals surface area contributed by atoms with Crippen LogP contribution in [0.25, 0.3) is 0 Å². The standard InChI is InChI=1S/C11H12F2N4S/c1-3-14-9-7(12)6-8(13)10(16-9)18-11-15-4-5-17(11)2/h4-6H,3H2,1-2H3,(H,14,16).